The number of fused-ring (bicyclic) bond motifs is 1. The Balaban J connectivity index is 1.42. The molecule has 0 saturated carbocycles. The van der Waals surface area contributed by atoms with E-state index >= 15 is 0 Å². The van der Waals surface area contributed by atoms with Gasteiger partial charge in [-0.3, -0.25) is 9.59 Å². The number of anilines is 1. The van der Waals surface area contributed by atoms with Crippen molar-refractivity contribution in [2.24, 2.45) is 0 Å². The summed E-state index contributed by atoms with van der Waals surface area (Å²) >= 11 is 0. The van der Waals surface area contributed by atoms with Crippen LogP contribution in [0.25, 0.3) is 0 Å². The molecule has 1 aliphatic rings. The summed E-state index contributed by atoms with van der Waals surface area (Å²) < 4.78 is 5.72. The Morgan fingerprint density at radius 2 is 2.00 bits per heavy atom. The molecule has 2 amide bonds. The quantitative estimate of drug-likeness (QED) is 0.625. The van der Waals surface area contributed by atoms with Crippen molar-refractivity contribution in [3.8, 4) is 5.75 Å². The second kappa shape index (κ2) is 9.19. The van der Waals surface area contributed by atoms with E-state index in [1.807, 2.05) is 48.5 Å². The van der Waals surface area contributed by atoms with E-state index in [1.54, 1.807) is 0 Å². The Labute approximate surface area is 158 Å². The molecule has 0 radical (unpaired) electrons. The lowest BCUT2D eigenvalue weighted by Gasteiger charge is -2.18. The SMILES string of the molecule is O=C1CCc2cc(OCCCC(=O)N[C@H](CO)c3ccccc3)ccc2N1. The van der Waals surface area contributed by atoms with Crippen LogP contribution in [-0.2, 0) is 16.0 Å². The Kier molecular flexibility index (Phi) is 6.44. The zero-order chi connectivity index (χ0) is 19.1. The van der Waals surface area contributed by atoms with Crippen molar-refractivity contribution in [3.05, 3.63) is 59.7 Å². The largest absolute Gasteiger partial charge is 0.494 e. The van der Waals surface area contributed by atoms with Crippen LogP contribution in [0.3, 0.4) is 0 Å². The van der Waals surface area contributed by atoms with E-state index in [2.05, 4.69) is 10.6 Å². The maximum absolute atomic E-state index is 12.1. The van der Waals surface area contributed by atoms with Crippen molar-refractivity contribution in [2.45, 2.75) is 31.7 Å². The number of ether oxygens (including phenoxy) is 1. The van der Waals surface area contributed by atoms with E-state index in [0.717, 1.165) is 22.6 Å². The zero-order valence-corrected chi connectivity index (χ0v) is 15.1. The molecule has 2 aromatic carbocycles. The third-order valence-corrected chi connectivity index (χ3v) is 4.51. The first-order chi connectivity index (χ1) is 13.2. The van der Waals surface area contributed by atoms with Crippen molar-refractivity contribution >= 4 is 17.5 Å². The number of rotatable bonds is 8. The molecular weight excluding hydrogens is 344 g/mol. The highest BCUT2D eigenvalue weighted by Gasteiger charge is 2.15. The van der Waals surface area contributed by atoms with Crippen LogP contribution < -0.4 is 15.4 Å². The van der Waals surface area contributed by atoms with Crippen LogP contribution in [0.5, 0.6) is 5.75 Å². The molecule has 0 fully saturated rings. The predicted octanol–water partition coefficient (Wildman–Crippen LogP) is 2.58. The van der Waals surface area contributed by atoms with Gasteiger partial charge in [0.15, 0.2) is 0 Å². The van der Waals surface area contributed by atoms with Crippen LogP contribution in [0.1, 0.15) is 36.4 Å². The molecule has 0 saturated heterocycles. The van der Waals surface area contributed by atoms with E-state index in [4.69, 9.17) is 4.74 Å². The number of aliphatic hydroxyl groups excluding tert-OH is 1. The number of hydrogen-bond donors (Lipinski definition) is 3. The van der Waals surface area contributed by atoms with Crippen LogP contribution >= 0.6 is 0 Å². The molecule has 6 heteroatoms. The maximum Gasteiger partial charge on any atom is 0.224 e. The van der Waals surface area contributed by atoms with Crippen molar-refractivity contribution in [1.82, 2.24) is 5.32 Å². The first-order valence-electron chi connectivity index (χ1n) is 9.16. The van der Waals surface area contributed by atoms with Gasteiger partial charge >= 0.3 is 0 Å². The molecule has 1 heterocycles. The molecule has 0 bridgehead atoms. The molecule has 0 spiro atoms. The van der Waals surface area contributed by atoms with E-state index < -0.39 is 6.04 Å². The molecule has 2 aromatic rings. The fraction of sp³-hybridized carbons (Fsp3) is 0.333. The summed E-state index contributed by atoms with van der Waals surface area (Å²) in [5.74, 6) is 0.663. The van der Waals surface area contributed by atoms with Gasteiger partial charge in [0.25, 0.3) is 0 Å². The number of carbonyl (C=O) groups is 2. The molecule has 0 unspecified atom stereocenters. The van der Waals surface area contributed by atoms with Gasteiger partial charge in [0.2, 0.25) is 11.8 Å². The second-order valence-corrected chi connectivity index (χ2v) is 6.53. The summed E-state index contributed by atoms with van der Waals surface area (Å²) in [4.78, 5) is 23.5. The molecular formula is C21H24N2O4. The van der Waals surface area contributed by atoms with Gasteiger partial charge in [-0.25, -0.2) is 0 Å². The molecule has 3 rings (SSSR count). The van der Waals surface area contributed by atoms with Gasteiger partial charge in [-0.15, -0.1) is 0 Å². The number of aryl methyl sites for hydroxylation is 1. The predicted molar refractivity (Wildman–Crippen MR) is 103 cm³/mol. The van der Waals surface area contributed by atoms with Crippen molar-refractivity contribution in [3.63, 3.8) is 0 Å². The topological polar surface area (TPSA) is 87.7 Å². The number of hydrogen-bond acceptors (Lipinski definition) is 4. The first-order valence-corrected chi connectivity index (χ1v) is 9.16. The molecule has 1 aliphatic heterocycles. The maximum atomic E-state index is 12.1. The number of aliphatic hydroxyl groups is 1. The van der Waals surface area contributed by atoms with E-state index in [-0.39, 0.29) is 18.4 Å². The minimum absolute atomic E-state index is 0.0406. The lowest BCUT2D eigenvalue weighted by atomic mass is 10.0. The van der Waals surface area contributed by atoms with Crippen LogP contribution in [0, 0.1) is 0 Å². The molecule has 0 aliphatic carbocycles. The Bertz CT molecular complexity index is 792. The van der Waals surface area contributed by atoms with Gasteiger partial charge in [-0.1, -0.05) is 30.3 Å². The average Bonchev–Trinajstić information content (AvgIpc) is 2.70. The molecule has 142 valence electrons. The lowest BCUT2D eigenvalue weighted by Crippen LogP contribution is -2.30. The van der Waals surface area contributed by atoms with Crippen LogP contribution in [0.4, 0.5) is 5.69 Å². The number of amides is 2. The Morgan fingerprint density at radius 1 is 1.19 bits per heavy atom. The smallest absolute Gasteiger partial charge is 0.224 e. The highest BCUT2D eigenvalue weighted by Crippen LogP contribution is 2.26. The van der Waals surface area contributed by atoms with Crippen LogP contribution in [0.15, 0.2) is 48.5 Å². The van der Waals surface area contributed by atoms with Gasteiger partial charge in [-0.2, -0.15) is 0 Å². The van der Waals surface area contributed by atoms with Crippen LogP contribution in [0.2, 0.25) is 0 Å². The minimum Gasteiger partial charge on any atom is -0.494 e. The van der Waals surface area contributed by atoms with Gasteiger partial charge in [0.05, 0.1) is 19.3 Å². The van der Waals surface area contributed by atoms with Crippen LogP contribution in [-0.4, -0.2) is 30.1 Å². The third kappa shape index (κ3) is 5.31. The summed E-state index contributed by atoms with van der Waals surface area (Å²) in [6, 6.07) is 14.6. The standard InChI is InChI=1S/C21H24N2O4/c24-14-19(15-5-2-1-3-6-15)23-20(25)7-4-12-27-17-9-10-18-16(13-17)8-11-21(26)22-18/h1-3,5-6,9-10,13,19,24H,4,7-8,11-12,14H2,(H,22,26)(H,23,25)/t19-/m1/s1. The molecule has 0 aromatic heterocycles. The monoisotopic (exact) mass is 368 g/mol. The number of benzene rings is 2. The molecule has 1 atom stereocenters. The molecule has 27 heavy (non-hydrogen) atoms. The van der Waals surface area contributed by atoms with Crippen molar-refractivity contribution in [1.29, 1.82) is 0 Å². The third-order valence-electron chi connectivity index (χ3n) is 4.51. The first kappa shape index (κ1) is 18.9. The van der Waals surface area contributed by atoms with E-state index in [0.29, 0.717) is 32.3 Å². The highest BCUT2D eigenvalue weighted by atomic mass is 16.5. The minimum atomic E-state index is -0.393. The fourth-order valence-corrected chi connectivity index (χ4v) is 3.06. The van der Waals surface area contributed by atoms with Gasteiger partial charge in [0, 0.05) is 18.5 Å². The van der Waals surface area contributed by atoms with Gasteiger partial charge in [-0.05, 0) is 42.2 Å². The number of nitrogens with one attached hydrogen (secondary N) is 2. The van der Waals surface area contributed by atoms with Gasteiger partial charge < -0.3 is 20.5 Å². The Hall–Kier alpha value is -2.86. The summed E-state index contributed by atoms with van der Waals surface area (Å²) in [5, 5.41) is 15.2. The molecule has 3 N–H and O–H groups in total. The molecule has 6 nitrogen and oxygen atoms in total. The van der Waals surface area contributed by atoms with Crippen molar-refractivity contribution < 1.29 is 19.4 Å². The lowest BCUT2D eigenvalue weighted by molar-refractivity contribution is -0.122. The van der Waals surface area contributed by atoms with Gasteiger partial charge in [0.1, 0.15) is 5.75 Å². The summed E-state index contributed by atoms with van der Waals surface area (Å²) in [6.07, 6.45) is 2.10. The fourth-order valence-electron chi connectivity index (χ4n) is 3.06. The average molecular weight is 368 g/mol. The summed E-state index contributed by atoms with van der Waals surface area (Å²) in [7, 11) is 0. The normalized spacial score (nSPS) is 14.0. The highest BCUT2D eigenvalue weighted by molar-refractivity contribution is 5.94. The summed E-state index contributed by atoms with van der Waals surface area (Å²) in [5.41, 5.74) is 2.79. The second-order valence-electron chi connectivity index (χ2n) is 6.53. The summed E-state index contributed by atoms with van der Waals surface area (Å²) in [6.45, 7) is 0.283. The van der Waals surface area contributed by atoms with E-state index in [1.165, 1.54) is 0 Å². The number of carbonyl (C=O) groups excluding carboxylic acids is 2. The van der Waals surface area contributed by atoms with Crippen molar-refractivity contribution in [2.75, 3.05) is 18.5 Å². The Morgan fingerprint density at radius 3 is 2.78 bits per heavy atom. The zero-order valence-electron chi connectivity index (χ0n) is 15.1. The van der Waals surface area contributed by atoms with E-state index in [9.17, 15) is 14.7 Å².